The minimum Gasteiger partial charge on any atom is -0.335 e. The van der Waals surface area contributed by atoms with Crippen LogP contribution in [0.4, 0.5) is 0 Å². The molecule has 1 aliphatic heterocycles. The third kappa shape index (κ3) is 2.50. The Balaban J connectivity index is 2.65. The zero-order valence-electron chi connectivity index (χ0n) is 8.12. The number of carbonyl (C=O) groups is 1. The second-order valence-electron chi connectivity index (χ2n) is 3.59. The standard InChI is InChI=1S/C10H17NOS/c1-8(2)9(7-13)11-6-4-3-5-10(11)12/h9,13H,1,3-7H2,2H3. The summed E-state index contributed by atoms with van der Waals surface area (Å²) in [6.07, 6.45) is 2.84. The Morgan fingerprint density at radius 1 is 1.69 bits per heavy atom. The number of nitrogens with zero attached hydrogens (tertiary/aromatic N) is 1. The predicted molar refractivity (Wildman–Crippen MR) is 58.0 cm³/mol. The first-order valence-corrected chi connectivity index (χ1v) is 5.35. The van der Waals surface area contributed by atoms with Crippen molar-refractivity contribution in [3.05, 3.63) is 12.2 Å². The SMILES string of the molecule is C=C(C)C(CS)N1CCCCC1=O. The van der Waals surface area contributed by atoms with Crippen LogP contribution in [0.5, 0.6) is 0 Å². The molecule has 0 bridgehead atoms. The molecule has 74 valence electrons. The topological polar surface area (TPSA) is 20.3 Å². The maximum atomic E-state index is 11.5. The Hall–Kier alpha value is -0.440. The number of hydrogen-bond donors (Lipinski definition) is 1. The van der Waals surface area contributed by atoms with Crippen molar-refractivity contribution < 1.29 is 4.79 Å². The van der Waals surface area contributed by atoms with E-state index in [1.807, 2.05) is 11.8 Å². The van der Waals surface area contributed by atoms with Crippen LogP contribution in [-0.4, -0.2) is 29.1 Å². The molecule has 2 nitrogen and oxygen atoms in total. The van der Waals surface area contributed by atoms with E-state index in [0.717, 1.165) is 25.0 Å². The monoisotopic (exact) mass is 199 g/mol. The van der Waals surface area contributed by atoms with Gasteiger partial charge in [0.05, 0.1) is 6.04 Å². The zero-order valence-corrected chi connectivity index (χ0v) is 9.02. The van der Waals surface area contributed by atoms with E-state index in [2.05, 4.69) is 19.2 Å². The highest BCUT2D eigenvalue weighted by molar-refractivity contribution is 7.80. The smallest absolute Gasteiger partial charge is 0.223 e. The lowest BCUT2D eigenvalue weighted by Crippen LogP contribution is -2.44. The van der Waals surface area contributed by atoms with Gasteiger partial charge in [-0.3, -0.25) is 4.79 Å². The fraction of sp³-hybridized carbons (Fsp3) is 0.700. The fourth-order valence-electron chi connectivity index (χ4n) is 1.68. The first-order chi connectivity index (χ1) is 6.16. The third-order valence-electron chi connectivity index (χ3n) is 2.48. The summed E-state index contributed by atoms with van der Waals surface area (Å²) in [6, 6.07) is 0.135. The van der Waals surface area contributed by atoms with Gasteiger partial charge in [0.25, 0.3) is 0 Å². The fourth-order valence-corrected chi connectivity index (χ4v) is 2.19. The van der Waals surface area contributed by atoms with Crippen LogP contribution in [0.25, 0.3) is 0 Å². The van der Waals surface area contributed by atoms with Gasteiger partial charge in [-0.2, -0.15) is 12.6 Å². The zero-order chi connectivity index (χ0) is 9.84. The number of carbonyl (C=O) groups excluding carboxylic acids is 1. The predicted octanol–water partition coefficient (Wildman–Crippen LogP) is 1.87. The molecule has 1 amide bonds. The van der Waals surface area contributed by atoms with Crippen LogP contribution >= 0.6 is 12.6 Å². The Bertz CT molecular complexity index is 215. The molecule has 0 radical (unpaired) electrons. The van der Waals surface area contributed by atoms with Crippen molar-refractivity contribution in [1.82, 2.24) is 4.90 Å². The van der Waals surface area contributed by atoms with E-state index in [1.54, 1.807) is 0 Å². The number of hydrogen-bond acceptors (Lipinski definition) is 2. The second-order valence-corrected chi connectivity index (χ2v) is 3.95. The van der Waals surface area contributed by atoms with Crippen LogP contribution in [0.2, 0.25) is 0 Å². The van der Waals surface area contributed by atoms with Gasteiger partial charge in [-0.25, -0.2) is 0 Å². The van der Waals surface area contributed by atoms with Crippen LogP contribution in [-0.2, 0) is 4.79 Å². The minimum atomic E-state index is 0.135. The quantitative estimate of drug-likeness (QED) is 0.543. The molecule has 0 N–H and O–H groups in total. The molecule has 0 saturated carbocycles. The van der Waals surface area contributed by atoms with Crippen molar-refractivity contribution in [1.29, 1.82) is 0 Å². The van der Waals surface area contributed by atoms with Gasteiger partial charge < -0.3 is 4.90 Å². The molecule has 1 fully saturated rings. The number of piperidine rings is 1. The van der Waals surface area contributed by atoms with Crippen LogP contribution in [0.15, 0.2) is 12.2 Å². The van der Waals surface area contributed by atoms with E-state index in [9.17, 15) is 4.79 Å². The molecule has 1 atom stereocenters. The molecule has 1 rings (SSSR count). The van der Waals surface area contributed by atoms with Crippen LogP contribution in [0.3, 0.4) is 0 Å². The Morgan fingerprint density at radius 2 is 2.38 bits per heavy atom. The summed E-state index contributed by atoms with van der Waals surface area (Å²) in [4.78, 5) is 13.5. The van der Waals surface area contributed by atoms with E-state index in [4.69, 9.17) is 0 Å². The van der Waals surface area contributed by atoms with Crippen LogP contribution in [0, 0.1) is 0 Å². The highest BCUT2D eigenvalue weighted by Crippen LogP contribution is 2.18. The molecule has 1 aliphatic rings. The van der Waals surface area contributed by atoms with Gasteiger partial charge in [0.15, 0.2) is 0 Å². The van der Waals surface area contributed by atoms with Gasteiger partial charge in [0.2, 0.25) is 5.91 Å². The number of thiol groups is 1. The summed E-state index contributed by atoms with van der Waals surface area (Å²) in [5.74, 6) is 0.939. The van der Waals surface area contributed by atoms with E-state index < -0.39 is 0 Å². The Labute approximate surface area is 85.4 Å². The highest BCUT2D eigenvalue weighted by Gasteiger charge is 2.25. The molecule has 0 aromatic carbocycles. The first-order valence-electron chi connectivity index (χ1n) is 4.72. The van der Waals surface area contributed by atoms with E-state index in [-0.39, 0.29) is 11.9 Å². The molecular weight excluding hydrogens is 182 g/mol. The molecule has 1 heterocycles. The summed E-state index contributed by atoms with van der Waals surface area (Å²) in [6.45, 7) is 6.73. The van der Waals surface area contributed by atoms with Crippen molar-refractivity contribution in [3.8, 4) is 0 Å². The molecule has 1 saturated heterocycles. The van der Waals surface area contributed by atoms with Crippen LogP contribution < -0.4 is 0 Å². The van der Waals surface area contributed by atoms with Crippen molar-refractivity contribution in [3.63, 3.8) is 0 Å². The minimum absolute atomic E-state index is 0.135. The summed E-state index contributed by atoms with van der Waals surface area (Å²) in [5.41, 5.74) is 1.03. The molecular formula is C10H17NOS. The molecule has 3 heteroatoms. The van der Waals surface area contributed by atoms with Crippen LogP contribution in [0.1, 0.15) is 26.2 Å². The molecule has 0 aliphatic carbocycles. The Kier molecular flexibility index (Phi) is 3.85. The molecule has 0 aromatic heterocycles. The summed E-state index contributed by atoms with van der Waals surface area (Å²) < 4.78 is 0. The van der Waals surface area contributed by atoms with Gasteiger partial charge in [-0.05, 0) is 19.8 Å². The summed E-state index contributed by atoms with van der Waals surface area (Å²) in [7, 11) is 0. The number of rotatable bonds is 3. The largest absolute Gasteiger partial charge is 0.335 e. The maximum absolute atomic E-state index is 11.5. The van der Waals surface area contributed by atoms with Gasteiger partial charge in [0, 0.05) is 18.7 Å². The highest BCUT2D eigenvalue weighted by atomic mass is 32.1. The summed E-state index contributed by atoms with van der Waals surface area (Å²) >= 11 is 4.25. The van der Waals surface area contributed by atoms with Gasteiger partial charge >= 0.3 is 0 Å². The lowest BCUT2D eigenvalue weighted by molar-refractivity contribution is -0.134. The van der Waals surface area contributed by atoms with E-state index in [1.165, 1.54) is 0 Å². The maximum Gasteiger partial charge on any atom is 0.223 e. The normalized spacial score (nSPS) is 20.2. The van der Waals surface area contributed by atoms with Crippen molar-refractivity contribution in [2.24, 2.45) is 0 Å². The van der Waals surface area contributed by atoms with Crippen molar-refractivity contribution in [2.75, 3.05) is 12.3 Å². The molecule has 0 spiro atoms. The molecule has 13 heavy (non-hydrogen) atoms. The average Bonchev–Trinajstić information content (AvgIpc) is 2.09. The first kappa shape index (κ1) is 10.6. The molecule has 1 unspecified atom stereocenters. The van der Waals surface area contributed by atoms with E-state index in [0.29, 0.717) is 12.2 Å². The van der Waals surface area contributed by atoms with Gasteiger partial charge in [-0.15, -0.1) is 0 Å². The Morgan fingerprint density at radius 3 is 2.85 bits per heavy atom. The lowest BCUT2D eigenvalue weighted by atomic mass is 10.0. The average molecular weight is 199 g/mol. The number of likely N-dealkylation sites (tertiary alicyclic amines) is 1. The van der Waals surface area contributed by atoms with Crippen molar-refractivity contribution in [2.45, 2.75) is 32.2 Å². The van der Waals surface area contributed by atoms with Crippen molar-refractivity contribution >= 4 is 18.5 Å². The van der Waals surface area contributed by atoms with E-state index >= 15 is 0 Å². The third-order valence-corrected chi connectivity index (χ3v) is 2.82. The lowest BCUT2D eigenvalue weighted by Gasteiger charge is -2.34. The van der Waals surface area contributed by atoms with Gasteiger partial charge in [-0.1, -0.05) is 12.2 Å². The second kappa shape index (κ2) is 4.70. The summed E-state index contributed by atoms with van der Waals surface area (Å²) in [5, 5.41) is 0. The molecule has 0 aromatic rings. The van der Waals surface area contributed by atoms with Gasteiger partial charge in [0.1, 0.15) is 0 Å². The number of amides is 1.